The molecular formula is C29H31F2N2O2S+. The molecule has 0 radical (unpaired) electrons. The Hall–Kier alpha value is -2.90. The van der Waals surface area contributed by atoms with Crippen LogP contribution in [0, 0.1) is 17.6 Å². The Morgan fingerprint density at radius 3 is 2.36 bits per heavy atom. The van der Waals surface area contributed by atoms with Gasteiger partial charge in [-0.1, -0.05) is 42.5 Å². The van der Waals surface area contributed by atoms with Gasteiger partial charge in [-0.3, -0.25) is 4.90 Å². The molecule has 0 N–H and O–H groups in total. The molecule has 3 aliphatic heterocycles. The molecule has 0 saturated carbocycles. The van der Waals surface area contributed by atoms with Crippen molar-refractivity contribution < 1.29 is 22.8 Å². The van der Waals surface area contributed by atoms with Gasteiger partial charge in [0.15, 0.2) is 6.10 Å². The van der Waals surface area contributed by atoms with E-state index in [9.17, 15) is 13.6 Å². The maximum absolute atomic E-state index is 14.7. The van der Waals surface area contributed by atoms with E-state index in [-0.39, 0.29) is 24.2 Å². The van der Waals surface area contributed by atoms with Crippen LogP contribution in [0.5, 0.6) is 0 Å². The van der Waals surface area contributed by atoms with Crippen molar-refractivity contribution >= 4 is 23.5 Å². The number of benzene rings is 3. The van der Waals surface area contributed by atoms with Crippen LogP contribution in [-0.4, -0.2) is 48.6 Å². The fourth-order valence-corrected chi connectivity index (χ4v) is 6.49. The summed E-state index contributed by atoms with van der Waals surface area (Å²) >= 11 is 1.87. The first-order valence-corrected chi connectivity index (χ1v) is 13.5. The highest BCUT2D eigenvalue weighted by molar-refractivity contribution is 7.99. The van der Waals surface area contributed by atoms with E-state index in [1.165, 1.54) is 28.0 Å². The van der Waals surface area contributed by atoms with Crippen molar-refractivity contribution in [2.45, 2.75) is 30.4 Å². The molecule has 2 bridgehead atoms. The lowest BCUT2D eigenvalue weighted by Gasteiger charge is -2.52. The number of carbonyl (C=O) groups is 1. The molecule has 4 nitrogen and oxygen atoms in total. The van der Waals surface area contributed by atoms with Gasteiger partial charge in [0.2, 0.25) is 0 Å². The van der Waals surface area contributed by atoms with Crippen LogP contribution in [0.15, 0.2) is 83.8 Å². The van der Waals surface area contributed by atoms with E-state index in [4.69, 9.17) is 4.74 Å². The van der Waals surface area contributed by atoms with Gasteiger partial charge in [-0.15, -0.1) is 11.8 Å². The number of hydrogen-bond donors (Lipinski definition) is 0. The first kappa shape index (κ1) is 24.8. The number of amides is 1. The number of rotatable bonds is 8. The number of thioether (sulfide) groups is 1. The van der Waals surface area contributed by atoms with Gasteiger partial charge < -0.3 is 9.22 Å². The van der Waals surface area contributed by atoms with Crippen LogP contribution < -0.4 is 4.90 Å². The Bertz CT molecular complexity index is 1170. The molecule has 7 heteroatoms. The van der Waals surface area contributed by atoms with Crippen molar-refractivity contribution in [3.05, 3.63) is 96.1 Å². The zero-order valence-electron chi connectivity index (χ0n) is 20.2. The molecule has 3 aliphatic rings. The van der Waals surface area contributed by atoms with Crippen LogP contribution >= 0.6 is 11.8 Å². The molecule has 3 heterocycles. The summed E-state index contributed by atoms with van der Waals surface area (Å²) in [4.78, 5) is 16.1. The fraction of sp³-hybridized carbons (Fsp3) is 0.345. The van der Waals surface area contributed by atoms with E-state index in [0.29, 0.717) is 11.5 Å². The van der Waals surface area contributed by atoms with Crippen LogP contribution in [-0.2, 0) is 11.3 Å². The van der Waals surface area contributed by atoms with Crippen molar-refractivity contribution in [3.8, 4) is 0 Å². The molecular weight excluding hydrogens is 478 g/mol. The van der Waals surface area contributed by atoms with Crippen LogP contribution in [0.1, 0.15) is 18.4 Å². The lowest BCUT2D eigenvalue weighted by Crippen LogP contribution is -2.65. The van der Waals surface area contributed by atoms with E-state index in [1.54, 1.807) is 30.3 Å². The summed E-state index contributed by atoms with van der Waals surface area (Å²) in [7, 11) is 0. The number of hydrogen-bond acceptors (Lipinski definition) is 3. The van der Waals surface area contributed by atoms with Crippen molar-refractivity contribution in [1.82, 2.24) is 0 Å². The Labute approximate surface area is 215 Å². The summed E-state index contributed by atoms with van der Waals surface area (Å²) in [6.07, 6.45) is 1.32. The zero-order chi connectivity index (χ0) is 25.0. The van der Waals surface area contributed by atoms with E-state index in [2.05, 4.69) is 24.3 Å². The van der Waals surface area contributed by atoms with Crippen molar-refractivity contribution in [3.63, 3.8) is 0 Å². The third-order valence-corrected chi connectivity index (χ3v) is 8.48. The highest BCUT2D eigenvalue weighted by Crippen LogP contribution is 2.37. The van der Waals surface area contributed by atoms with Crippen LogP contribution in [0.2, 0.25) is 0 Å². The molecule has 3 saturated heterocycles. The Kier molecular flexibility index (Phi) is 7.58. The maximum Gasteiger partial charge on any atom is 0.415 e. The first-order valence-electron chi connectivity index (χ1n) is 12.5. The number of para-hydroxylation sites is 1. The lowest BCUT2D eigenvalue weighted by atomic mass is 9.83. The smallest absolute Gasteiger partial charge is 0.415 e. The van der Waals surface area contributed by atoms with E-state index < -0.39 is 11.9 Å². The number of ether oxygens (including phenoxy) is 1. The van der Waals surface area contributed by atoms with Gasteiger partial charge in [0.05, 0.1) is 31.9 Å². The average molecular weight is 510 g/mol. The van der Waals surface area contributed by atoms with Gasteiger partial charge in [-0.05, 0) is 42.0 Å². The SMILES string of the molecule is O=C(OC1C[N+]2(CCSc3ccccc3)CCC1CC2)N(Cc1ccc(F)cc1)c1ccccc1F. The first-order chi connectivity index (χ1) is 17.5. The third kappa shape index (κ3) is 5.73. The Morgan fingerprint density at radius 2 is 1.64 bits per heavy atom. The van der Waals surface area contributed by atoms with Gasteiger partial charge in [0.1, 0.15) is 18.2 Å². The monoisotopic (exact) mass is 509 g/mol. The second-order valence-electron chi connectivity index (χ2n) is 9.78. The minimum atomic E-state index is -0.556. The second kappa shape index (κ2) is 11.0. The van der Waals surface area contributed by atoms with E-state index >= 15 is 0 Å². The fourth-order valence-electron chi connectivity index (χ4n) is 5.43. The standard InChI is InChI=1S/C29H31F2N2O2S/c30-24-12-10-22(11-13-24)20-32(27-9-5-4-8-26(27)31)29(34)35-28-21-33(16-14-23(28)15-17-33)18-19-36-25-6-2-1-3-7-25/h1-13,23,28H,14-21H2/q+1. The average Bonchev–Trinajstić information content (AvgIpc) is 2.90. The molecule has 6 rings (SSSR count). The molecule has 1 atom stereocenters. The Balaban J connectivity index is 1.28. The van der Waals surface area contributed by atoms with Gasteiger partial charge in [0, 0.05) is 29.4 Å². The number of piperidine rings is 3. The number of anilines is 1. The molecule has 1 amide bonds. The molecule has 0 aromatic heterocycles. The van der Waals surface area contributed by atoms with E-state index in [0.717, 1.165) is 49.3 Å². The lowest BCUT2D eigenvalue weighted by molar-refractivity contribution is -0.943. The molecule has 0 aliphatic carbocycles. The largest absolute Gasteiger partial charge is 0.440 e. The number of carbonyl (C=O) groups excluding carboxylic acids is 1. The topological polar surface area (TPSA) is 29.5 Å². The molecule has 0 spiro atoms. The molecule has 3 aromatic carbocycles. The van der Waals surface area contributed by atoms with Crippen molar-refractivity contribution in [2.75, 3.05) is 36.8 Å². The molecule has 3 fully saturated rings. The van der Waals surface area contributed by atoms with E-state index in [1.807, 2.05) is 17.8 Å². The van der Waals surface area contributed by atoms with Crippen molar-refractivity contribution in [1.29, 1.82) is 0 Å². The number of quaternary nitrogens is 1. The van der Waals surface area contributed by atoms with Crippen LogP contribution in [0.3, 0.4) is 0 Å². The second-order valence-corrected chi connectivity index (χ2v) is 10.9. The quantitative estimate of drug-likeness (QED) is 0.256. The molecule has 36 heavy (non-hydrogen) atoms. The van der Waals surface area contributed by atoms with Gasteiger partial charge in [-0.2, -0.15) is 0 Å². The molecule has 1 unspecified atom stereocenters. The maximum atomic E-state index is 14.7. The van der Waals surface area contributed by atoms with Gasteiger partial charge >= 0.3 is 6.09 Å². The minimum Gasteiger partial charge on any atom is -0.440 e. The number of fused-ring (bicyclic) bond motifs is 3. The Morgan fingerprint density at radius 1 is 0.944 bits per heavy atom. The highest BCUT2D eigenvalue weighted by Gasteiger charge is 2.47. The highest BCUT2D eigenvalue weighted by atomic mass is 32.2. The van der Waals surface area contributed by atoms with Crippen molar-refractivity contribution in [2.24, 2.45) is 5.92 Å². The third-order valence-electron chi connectivity index (χ3n) is 7.49. The predicted molar refractivity (Wildman–Crippen MR) is 139 cm³/mol. The summed E-state index contributed by atoms with van der Waals surface area (Å²) in [6.45, 7) is 4.16. The summed E-state index contributed by atoms with van der Waals surface area (Å²) in [5.41, 5.74) is 0.864. The summed E-state index contributed by atoms with van der Waals surface area (Å²) in [5.74, 6) is 0.503. The number of nitrogens with zero attached hydrogens (tertiary/aromatic N) is 2. The van der Waals surface area contributed by atoms with Crippen LogP contribution in [0.4, 0.5) is 19.3 Å². The van der Waals surface area contributed by atoms with Crippen LogP contribution in [0.25, 0.3) is 0 Å². The predicted octanol–water partition coefficient (Wildman–Crippen LogP) is 6.51. The van der Waals surface area contributed by atoms with Gasteiger partial charge in [0.25, 0.3) is 0 Å². The summed E-state index contributed by atoms with van der Waals surface area (Å²) in [6, 6.07) is 22.5. The number of halogens is 2. The normalized spacial score (nSPS) is 22.8. The summed E-state index contributed by atoms with van der Waals surface area (Å²) < 4.78 is 35.2. The van der Waals surface area contributed by atoms with Gasteiger partial charge in [-0.25, -0.2) is 13.6 Å². The molecule has 3 aromatic rings. The summed E-state index contributed by atoms with van der Waals surface area (Å²) in [5, 5.41) is 0. The zero-order valence-corrected chi connectivity index (χ0v) is 21.0. The minimum absolute atomic E-state index is 0.102. The molecule has 188 valence electrons.